The molecule has 0 bridgehead atoms. The van der Waals surface area contributed by atoms with E-state index >= 15 is 0 Å². The highest BCUT2D eigenvalue weighted by Crippen LogP contribution is 2.29. The van der Waals surface area contributed by atoms with Crippen LogP contribution in [0.1, 0.15) is 31.0 Å². The van der Waals surface area contributed by atoms with E-state index in [9.17, 15) is 0 Å². The molecular weight excluding hydrogens is 252 g/mol. The Balaban J connectivity index is 2.29. The second-order valence-electron chi connectivity index (χ2n) is 4.95. The fourth-order valence-corrected chi connectivity index (χ4v) is 2.25. The monoisotopic (exact) mass is 266 g/mol. The Labute approximate surface area is 115 Å². The van der Waals surface area contributed by atoms with Gasteiger partial charge in [-0.1, -0.05) is 19.9 Å². The maximum Gasteiger partial charge on any atom is 0.186 e. The highest BCUT2D eigenvalue weighted by atomic mass is 15.4. The van der Waals surface area contributed by atoms with Gasteiger partial charge in [-0.3, -0.25) is 5.10 Å². The van der Waals surface area contributed by atoms with Crippen LogP contribution in [-0.2, 0) is 0 Å². The molecule has 1 aromatic carbocycles. The van der Waals surface area contributed by atoms with Crippen molar-refractivity contribution in [2.45, 2.75) is 19.8 Å². The minimum atomic E-state index is 0.234. The zero-order valence-electron chi connectivity index (χ0n) is 11.3. The molecule has 0 radical (unpaired) electrons. The Kier molecular flexibility index (Phi) is 2.68. The van der Waals surface area contributed by atoms with Gasteiger partial charge in [-0.05, 0) is 24.1 Å². The van der Waals surface area contributed by atoms with Gasteiger partial charge in [0, 0.05) is 0 Å². The average Bonchev–Trinajstić information content (AvgIpc) is 3.00. The van der Waals surface area contributed by atoms with Crippen molar-refractivity contribution >= 4 is 16.9 Å². The summed E-state index contributed by atoms with van der Waals surface area (Å²) in [5, 5.41) is 21.5. The van der Waals surface area contributed by atoms with E-state index < -0.39 is 0 Å². The molecule has 6 heteroatoms. The molecule has 2 heterocycles. The summed E-state index contributed by atoms with van der Waals surface area (Å²) < 4.78 is 1.72. The zero-order valence-corrected chi connectivity index (χ0v) is 11.3. The third-order valence-electron chi connectivity index (χ3n) is 3.21. The van der Waals surface area contributed by atoms with Crippen molar-refractivity contribution in [2.75, 3.05) is 5.73 Å². The second kappa shape index (κ2) is 4.38. The number of aromatic nitrogens is 4. The molecule has 3 N–H and O–H groups in total. The Bertz CT molecular complexity index is 818. The highest BCUT2D eigenvalue weighted by Gasteiger charge is 2.19. The van der Waals surface area contributed by atoms with E-state index in [0.717, 1.165) is 16.8 Å². The van der Waals surface area contributed by atoms with E-state index in [1.54, 1.807) is 16.8 Å². The molecule has 0 aliphatic carbocycles. The van der Waals surface area contributed by atoms with Gasteiger partial charge in [-0.25, -0.2) is 4.68 Å². The summed E-state index contributed by atoms with van der Waals surface area (Å²) in [6, 6.07) is 9.38. The molecule has 6 nitrogen and oxygen atoms in total. The lowest BCUT2D eigenvalue weighted by atomic mass is 10.1. The summed E-state index contributed by atoms with van der Waals surface area (Å²) in [5.41, 5.74) is 8.90. The van der Waals surface area contributed by atoms with Crippen molar-refractivity contribution < 1.29 is 0 Å². The Morgan fingerprint density at radius 2 is 2.20 bits per heavy atom. The SMILES string of the molecule is CC(C)c1nn(-c2cccc(C#N)c2)c2n[nH]c(N)c12. The summed E-state index contributed by atoms with van der Waals surface area (Å²) in [7, 11) is 0. The van der Waals surface area contributed by atoms with Crippen LogP contribution in [0.15, 0.2) is 24.3 Å². The molecule has 0 unspecified atom stereocenters. The molecule has 0 amide bonds. The van der Waals surface area contributed by atoms with E-state index in [1.807, 2.05) is 12.1 Å². The lowest BCUT2D eigenvalue weighted by Crippen LogP contribution is -2.00. The van der Waals surface area contributed by atoms with Crippen LogP contribution in [0, 0.1) is 11.3 Å². The molecule has 0 atom stereocenters. The van der Waals surface area contributed by atoms with Crippen LogP contribution in [0.2, 0.25) is 0 Å². The zero-order chi connectivity index (χ0) is 14.3. The number of aromatic amines is 1. The molecule has 0 aliphatic rings. The van der Waals surface area contributed by atoms with Crippen LogP contribution in [-0.4, -0.2) is 20.0 Å². The molecule has 0 spiro atoms. The maximum atomic E-state index is 9.00. The molecule has 3 aromatic rings. The van der Waals surface area contributed by atoms with Gasteiger partial charge in [0.05, 0.1) is 28.4 Å². The third-order valence-corrected chi connectivity index (χ3v) is 3.21. The molecule has 0 fully saturated rings. The maximum absolute atomic E-state index is 9.00. The van der Waals surface area contributed by atoms with Gasteiger partial charge in [0.15, 0.2) is 5.65 Å². The quantitative estimate of drug-likeness (QED) is 0.744. The molecule has 3 rings (SSSR count). The number of nitrogens with two attached hydrogens (primary N) is 1. The third kappa shape index (κ3) is 1.72. The fourth-order valence-electron chi connectivity index (χ4n) is 2.25. The van der Waals surface area contributed by atoms with E-state index in [-0.39, 0.29) is 5.92 Å². The molecule has 0 aliphatic heterocycles. The van der Waals surface area contributed by atoms with Gasteiger partial charge in [-0.15, -0.1) is 0 Å². The first-order valence-corrected chi connectivity index (χ1v) is 6.35. The van der Waals surface area contributed by atoms with Gasteiger partial charge in [-0.2, -0.15) is 15.5 Å². The largest absolute Gasteiger partial charge is 0.383 e. The van der Waals surface area contributed by atoms with Crippen molar-refractivity contribution in [3.05, 3.63) is 35.5 Å². The molecule has 2 aromatic heterocycles. The first-order chi connectivity index (χ1) is 9.61. The van der Waals surface area contributed by atoms with Crippen molar-refractivity contribution in [1.82, 2.24) is 20.0 Å². The number of rotatable bonds is 2. The van der Waals surface area contributed by atoms with Crippen LogP contribution in [0.25, 0.3) is 16.7 Å². The Hall–Kier alpha value is -2.81. The van der Waals surface area contributed by atoms with E-state index in [1.165, 1.54) is 0 Å². The van der Waals surface area contributed by atoms with Gasteiger partial charge in [0.25, 0.3) is 0 Å². The summed E-state index contributed by atoms with van der Waals surface area (Å²) in [6.07, 6.45) is 0. The fraction of sp³-hybridized carbons (Fsp3) is 0.214. The van der Waals surface area contributed by atoms with Crippen LogP contribution in [0.4, 0.5) is 5.82 Å². The van der Waals surface area contributed by atoms with Crippen molar-refractivity contribution in [2.24, 2.45) is 0 Å². The molecule has 0 saturated heterocycles. The lowest BCUT2D eigenvalue weighted by Gasteiger charge is -2.03. The van der Waals surface area contributed by atoms with Gasteiger partial charge in [0.2, 0.25) is 0 Å². The predicted molar refractivity (Wildman–Crippen MR) is 76.4 cm³/mol. The van der Waals surface area contributed by atoms with Crippen molar-refractivity contribution in [1.29, 1.82) is 5.26 Å². The lowest BCUT2D eigenvalue weighted by molar-refractivity contribution is 0.772. The highest BCUT2D eigenvalue weighted by molar-refractivity contribution is 5.90. The summed E-state index contributed by atoms with van der Waals surface area (Å²) in [4.78, 5) is 0. The molecular formula is C14H14N6. The van der Waals surface area contributed by atoms with Crippen molar-refractivity contribution in [3.8, 4) is 11.8 Å². The standard InChI is InChI=1S/C14H14N6/c1-8(2)12-11-13(16)17-18-14(11)20(19-12)10-5-3-4-9(6-10)7-15/h3-6,8H,1-2H3,(H3,16,17,18). The summed E-state index contributed by atoms with van der Waals surface area (Å²) >= 11 is 0. The number of hydrogen-bond donors (Lipinski definition) is 2. The van der Waals surface area contributed by atoms with Gasteiger partial charge in [0.1, 0.15) is 5.82 Å². The van der Waals surface area contributed by atoms with Crippen molar-refractivity contribution in [3.63, 3.8) is 0 Å². The number of nitriles is 1. The van der Waals surface area contributed by atoms with E-state index in [0.29, 0.717) is 17.0 Å². The smallest absolute Gasteiger partial charge is 0.186 e. The molecule has 100 valence electrons. The number of H-pyrrole nitrogens is 1. The van der Waals surface area contributed by atoms with Crippen LogP contribution < -0.4 is 5.73 Å². The summed E-state index contributed by atoms with van der Waals surface area (Å²) in [6.45, 7) is 4.12. The number of benzene rings is 1. The number of fused-ring (bicyclic) bond motifs is 1. The number of nitrogens with one attached hydrogen (secondary N) is 1. The Morgan fingerprint density at radius 1 is 1.40 bits per heavy atom. The Morgan fingerprint density at radius 3 is 2.90 bits per heavy atom. The number of hydrogen-bond acceptors (Lipinski definition) is 4. The number of anilines is 1. The molecule has 0 saturated carbocycles. The number of nitrogens with zero attached hydrogens (tertiary/aromatic N) is 4. The topological polar surface area (TPSA) is 96.3 Å². The van der Waals surface area contributed by atoms with Crippen LogP contribution in [0.3, 0.4) is 0 Å². The molecule has 20 heavy (non-hydrogen) atoms. The minimum absolute atomic E-state index is 0.234. The van der Waals surface area contributed by atoms with Crippen LogP contribution in [0.5, 0.6) is 0 Å². The first kappa shape index (κ1) is 12.2. The van der Waals surface area contributed by atoms with Crippen LogP contribution >= 0.6 is 0 Å². The number of nitrogen functional groups attached to an aromatic ring is 1. The van der Waals surface area contributed by atoms with E-state index in [2.05, 4.69) is 35.2 Å². The average molecular weight is 266 g/mol. The summed E-state index contributed by atoms with van der Waals surface area (Å²) in [5.74, 6) is 0.754. The predicted octanol–water partition coefficient (Wildman–Crippen LogP) is 2.33. The van der Waals surface area contributed by atoms with Gasteiger partial charge >= 0.3 is 0 Å². The second-order valence-corrected chi connectivity index (χ2v) is 4.95. The van der Waals surface area contributed by atoms with E-state index in [4.69, 9.17) is 11.0 Å². The van der Waals surface area contributed by atoms with Gasteiger partial charge < -0.3 is 5.73 Å². The normalized spacial score (nSPS) is 11.1. The minimum Gasteiger partial charge on any atom is -0.383 e. The first-order valence-electron chi connectivity index (χ1n) is 6.35.